The van der Waals surface area contributed by atoms with Crippen molar-refractivity contribution in [3.8, 4) is 0 Å². The van der Waals surface area contributed by atoms with Gasteiger partial charge in [-0.3, -0.25) is 0 Å². The normalized spacial score (nSPS) is 50.0. The van der Waals surface area contributed by atoms with Gasteiger partial charge in [-0.15, -0.1) is 0 Å². The summed E-state index contributed by atoms with van der Waals surface area (Å²) in [6.45, 7) is 6.56. The number of oxime groups is 2. The van der Waals surface area contributed by atoms with Gasteiger partial charge in [0.25, 0.3) is 0 Å². The Balaban J connectivity index is 1.70. The van der Waals surface area contributed by atoms with E-state index in [2.05, 4.69) is 30.2 Å². The predicted molar refractivity (Wildman–Crippen MR) is 101 cm³/mol. The molecule has 0 spiro atoms. The lowest BCUT2D eigenvalue weighted by Crippen LogP contribution is -2.57. The first-order valence-electron chi connectivity index (χ1n) is 10.1. The fourth-order valence-corrected chi connectivity index (χ4v) is 7.53. The molecule has 0 aromatic heterocycles. The van der Waals surface area contributed by atoms with E-state index in [1.807, 2.05) is 6.92 Å². The molecule has 4 aliphatic rings. The number of aliphatic hydroxyl groups is 1. The van der Waals surface area contributed by atoms with Crippen LogP contribution in [-0.2, 0) is 0 Å². The van der Waals surface area contributed by atoms with E-state index in [1.165, 1.54) is 12.0 Å². The molecule has 7 atom stereocenters. The van der Waals surface area contributed by atoms with Crippen molar-refractivity contribution in [2.24, 2.45) is 44.8 Å². The van der Waals surface area contributed by atoms with Gasteiger partial charge in [0.2, 0.25) is 0 Å². The zero-order valence-electron chi connectivity index (χ0n) is 16.1. The Bertz CT molecular complexity index is 685. The van der Waals surface area contributed by atoms with Crippen LogP contribution < -0.4 is 0 Å². The molecule has 5 nitrogen and oxygen atoms in total. The zero-order chi connectivity index (χ0) is 18.7. The summed E-state index contributed by atoms with van der Waals surface area (Å²) in [5, 5.41) is 36.8. The van der Waals surface area contributed by atoms with Crippen LogP contribution in [0.4, 0.5) is 0 Å². The predicted octanol–water partition coefficient (Wildman–Crippen LogP) is 4.22. The molecule has 144 valence electrons. The Labute approximate surface area is 155 Å². The summed E-state index contributed by atoms with van der Waals surface area (Å²) in [7, 11) is 0. The first kappa shape index (κ1) is 18.0. The fourth-order valence-electron chi connectivity index (χ4n) is 7.53. The monoisotopic (exact) mass is 360 g/mol. The van der Waals surface area contributed by atoms with Crippen LogP contribution in [0.3, 0.4) is 0 Å². The molecule has 0 amide bonds. The number of fused-ring (bicyclic) bond motifs is 5. The highest BCUT2D eigenvalue weighted by molar-refractivity contribution is 5.96. The average Bonchev–Trinajstić information content (AvgIpc) is 2.96. The van der Waals surface area contributed by atoms with E-state index in [9.17, 15) is 15.5 Å². The first-order chi connectivity index (χ1) is 12.3. The molecule has 0 aliphatic heterocycles. The van der Waals surface area contributed by atoms with Crippen molar-refractivity contribution in [2.75, 3.05) is 0 Å². The molecule has 3 N–H and O–H groups in total. The number of allylic oxidation sites excluding steroid dienone is 2. The Morgan fingerprint density at radius 2 is 1.92 bits per heavy atom. The molecule has 5 heteroatoms. The van der Waals surface area contributed by atoms with E-state index in [4.69, 9.17) is 0 Å². The minimum absolute atomic E-state index is 0.00997. The maximum absolute atomic E-state index is 11.3. The van der Waals surface area contributed by atoms with Gasteiger partial charge >= 0.3 is 0 Å². The van der Waals surface area contributed by atoms with E-state index in [1.54, 1.807) is 0 Å². The van der Waals surface area contributed by atoms with E-state index in [-0.39, 0.29) is 28.8 Å². The van der Waals surface area contributed by atoms with Crippen LogP contribution in [0.15, 0.2) is 22.0 Å². The summed E-state index contributed by atoms with van der Waals surface area (Å²) in [4.78, 5) is 0. The highest BCUT2D eigenvalue weighted by Crippen LogP contribution is 2.66. The summed E-state index contributed by atoms with van der Waals surface area (Å²) in [5.41, 5.74) is 3.01. The summed E-state index contributed by atoms with van der Waals surface area (Å²) < 4.78 is 0. The average molecular weight is 360 g/mol. The molecule has 0 aromatic rings. The standard InChI is InChI=1S/C21H32N2O3/c1-12(22-25)16-6-7-17-15-5-4-13-10-14(23-26)8-9-20(13,2)19(15)18(24)11-21(16,17)3/h10,15-19,24-26H,4-9,11H2,1-3H3/b22-12+,23-14+/t15-,16+,17-,18-,19+,20-,21+/m0/s1. The smallest absolute Gasteiger partial charge is 0.0795 e. The molecule has 0 radical (unpaired) electrons. The largest absolute Gasteiger partial charge is 0.411 e. The minimum atomic E-state index is -0.324. The van der Waals surface area contributed by atoms with Crippen LogP contribution in [-0.4, -0.2) is 33.0 Å². The van der Waals surface area contributed by atoms with E-state index in [0.717, 1.165) is 49.9 Å². The topological polar surface area (TPSA) is 85.4 Å². The fraction of sp³-hybridized carbons (Fsp3) is 0.810. The molecule has 0 saturated heterocycles. The van der Waals surface area contributed by atoms with Crippen molar-refractivity contribution in [1.29, 1.82) is 0 Å². The third-order valence-corrected chi connectivity index (χ3v) is 8.70. The third kappa shape index (κ3) is 2.32. The Hall–Kier alpha value is -1.36. The lowest BCUT2D eigenvalue weighted by molar-refractivity contribution is -0.121. The zero-order valence-corrected chi connectivity index (χ0v) is 16.1. The van der Waals surface area contributed by atoms with Gasteiger partial charge < -0.3 is 15.5 Å². The molecule has 3 saturated carbocycles. The molecule has 4 rings (SSSR count). The maximum Gasteiger partial charge on any atom is 0.0795 e. The molecule has 0 bridgehead atoms. The highest BCUT2D eigenvalue weighted by Gasteiger charge is 2.62. The number of hydrogen-bond donors (Lipinski definition) is 3. The summed E-state index contributed by atoms with van der Waals surface area (Å²) >= 11 is 0. The van der Waals surface area contributed by atoms with E-state index < -0.39 is 0 Å². The van der Waals surface area contributed by atoms with E-state index in [0.29, 0.717) is 11.8 Å². The van der Waals surface area contributed by atoms with Crippen LogP contribution in [0.25, 0.3) is 0 Å². The summed E-state index contributed by atoms with van der Waals surface area (Å²) in [5.74, 6) is 1.67. The Morgan fingerprint density at radius 1 is 1.15 bits per heavy atom. The second-order valence-corrected chi connectivity index (χ2v) is 9.66. The Morgan fingerprint density at radius 3 is 2.62 bits per heavy atom. The lowest BCUT2D eigenvalue weighted by atomic mass is 9.46. The van der Waals surface area contributed by atoms with Gasteiger partial charge in [-0.2, -0.15) is 0 Å². The van der Waals surface area contributed by atoms with Crippen molar-refractivity contribution < 1.29 is 15.5 Å². The molecule has 0 aromatic carbocycles. The summed E-state index contributed by atoms with van der Waals surface area (Å²) in [6.07, 6.45) is 8.66. The maximum atomic E-state index is 11.3. The van der Waals surface area contributed by atoms with Crippen molar-refractivity contribution in [2.45, 2.75) is 71.8 Å². The molecule has 3 fully saturated rings. The number of nitrogens with zero attached hydrogens (tertiary/aromatic N) is 2. The van der Waals surface area contributed by atoms with Crippen molar-refractivity contribution in [3.05, 3.63) is 11.6 Å². The Kier molecular flexibility index (Phi) is 4.22. The van der Waals surface area contributed by atoms with E-state index >= 15 is 0 Å². The molecular formula is C21H32N2O3. The summed E-state index contributed by atoms with van der Waals surface area (Å²) in [6, 6.07) is 0. The van der Waals surface area contributed by atoms with Crippen molar-refractivity contribution in [3.63, 3.8) is 0 Å². The van der Waals surface area contributed by atoms with Crippen molar-refractivity contribution in [1.82, 2.24) is 0 Å². The quantitative estimate of drug-likeness (QED) is 0.372. The van der Waals surface area contributed by atoms with Crippen LogP contribution in [0.5, 0.6) is 0 Å². The van der Waals surface area contributed by atoms with Crippen LogP contribution in [0, 0.1) is 34.5 Å². The number of hydrogen-bond acceptors (Lipinski definition) is 5. The van der Waals surface area contributed by atoms with Gasteiger partial charge in [-0.1, -0.05) is 29.7 Å². The molecule has 26 heavy (non-hydrogen) atoms. The van der Waals surface area contributed by atoms with Gasteiger partial charge in [-0.05, 0) is 86.5 Å². The number of rotatable bonds is 1. The van der Waals surface area contributed by atoms with Crippen molar-refractivity contribution >= 4 is 11.4 Å². The first-order valence-corrected chi connectivity index (χ1v) is 10.1. The molecular weight excluding hydrogens is 328 g/mol. The SMILES string of the molecule is C/C(=N\O)[C@H]1CC[C@H]2[C@@H]3CCC4=C/C(=N/O)CC[C@]4(C)[C@H]3[C@@H](O)C[C@]12C. The number of aliphatic hydroxyl groups excluding tert-OH is 1. The van der Waals surface area contributed by atoms with Crippen LogP contribution in [0.2, 0.25) is 0 Å². The van der Waals surface area contributed by atoms with Gasteiger partial charge in [0, 0.05) is 5.92 Å². The van der Waals surface area contributed by atoms with Gasteiger partial charge in [0.05, 0.1) is 17.5 Å². The molecule has 0 unspecified atom stereocenters. The molecule has 4 aliphatic carbocycles. The highest BCUT2D eigenvalue weighted by atomic mass is 16.4. The van der Waals surface area contributed by atoms with Gasteiger partial charge in [0.15, 0.2) is 0 Å². The van der Waals surface area contributed by atoms with Crippen LogP contribution >= 0.6 is 0 Å². The van der Waals surface area contributed by atoms with Gasteiger partial charge in [0.1, 0.15) is 0 Å². The second kappa shape index (κ2) is 6.08. The van der Waals surface area contributed by atoms with Crippen LogP contribution in [0.1, 0.15) is 65.7 Å². The molecule has 0 heterocycles. The van der Waals surface area contributed by atoms with Gasteiger partial charge in [-0.25, -0.2) is 0 Å². The lowest BCUT2D eigenvalue weighted by Gasteiger charge is -2.60. The minimum Gasteiger partial charge on any atom is -0.411 e. The third-order valence-electron chi connectivity index (χ3n) is 8.70. The second-order valence-electron chi connectivity index (χ2n) is 9.66.